The Morgan fingerprint density at radius 2 is 2.06 bits per heavy atom. The Labute approximate surface area is 111 Å². The molecule has 0 amide bonds. The zero-order valence-corrected chi connectivity index (χ0v) is 11.1. The van der Waals surface area contributed by atoms with Crippen molar-refractivity contribution in [2.45, 2.75) is 37.6 Å². The van der Waals surface area contributed by atoms with E-state index in [1.54, 1.807) is 0 Å². The highest BCUT2D eigenvalue weighted by Crippen LogP contribution is 2.36. The minimum Gasteiger partial charge on any atom is -0.454 e. The number of furan rings is 1. The minimum atomic E-state index is -4.42. The Hall–Kier alpha value is -0.240. The molecule has 2 heterocycles. The van der Waals surface area contributed by atoms with Crippen molar-refractivity contribution in [3.05, 3.63) is 23.7 Å². The van der Waals surface area contributed by atoms with E-state index in [1.165, 1.54) is 6.07 Å². The molecule has 96 valence electrons. The van der Waals surface area contributed by atoms with Crippen LogP contribution in [0.15, 0.2) is 16.5 Å². The van der Waals surface area contributed by atoms with E-state index in [1.807, 2.05) is 0 Å². The van der Waals surface area contributed by atoms with E-state index < -0.39 is 11.9 Å². The second kappa shape index (κ2) is 5.17. The van der Waals surface area contributed by atoms with Crippen molar-refractivity contribution in [1.29, 1.82) is 0 Å². The highest BCUT2D eigenvalue weighted by Gasteiger charge is 2.36. The predicted octanol–water partition coefficient (Wildman–Crippen LogP) is 4.34. The first kappa shape index (κ1) is 13.2. The fraction of sp³-hybridized carbons (Fsp3) is 0.636. The predicted molar refractivity (Wildman–Crippen MR) is 64.1 cm³/mol. The van der Waals surface area contributed by atoms with Gasteiger partial charge in [-0.1, -0.05) is 22.6 Å². The van der Waals surface area contributed by atoms with Gasteiger partial charge in [-0.25, -0.2) is 0 Å². The smallest absolute Gasteiger partial charge is 0.449 e. The zero-order chi connectivity index (χ0) is 12.5. The summed E-state index contributed by atoms with van der Waals surface area (Å²) in [6, 6.07) is 2.33. The molecule has 1 aromatic rings. The SMILES string of the molecule is FC(F)(F)c1ccc([C@H]2CCCC(CI)O2)o1. The zero-order valence-electron chi connectivity index (χ0n) is 8.97. The normalized spacial score (nSPS) is 26.1. The Bertz CT molecular complexity index is 375. The molecule has 1 saturated heterocycles. The fourth-order valence-corrected chi connectivity index (χ4v) is 2.55. The molecule has 0 saturated carbocycles. The van der Waals surface area contributed by atoms with E-state index in [0.717, 1.165) is 29.8 Å². The van der Waals surface area contributed by atoms with Crippen LogP contribution in [0.2, 0.25) is 0 Å². The highest BCUT2D eigenvalue weighted by atomic mass is 127. The maximum atomic E-state index is 12.4. The summed E-state index contributed by atoms with van der Waals surface area (Å²) >= 11 is 2.22. The molecule has 2 atom stereocenters. The third kappa shape index (κ3) is 3.15. The molecule has 1 aliphatic rings. The Kier molecular flexibility index (Phi) is 4.02. The lowest BCUT2D eigenvalue weighted by atomic mass is 10.0. The molecule has 1 aromatic heterocycles. The van der Waals surface area contributed by atoms with Gasteiger partial charge >= 0.3 is 6.18 Å². The molecule has 0 N–H and O–H groups in total. The number of alkyl halides is 4. The first-order chi connectivity index (χ1) is 8.00. The second-order valence-corrected chi connectivity index (χ2v) is 4.91. The lowest BCUT2D eigenvalue weighted by Crippen LogP contribution is -2.23. The lowest BCUT2D eigenvalue weighted by molar-refractivity contribution is -0.154. The standard InChI is InChI=1S/C11H12F3IO2/c12-11(13,14)10-5-4-9(17-10)8-3-1-2-7(6-15)16-8/h4-5,7-8H,1-3,6H2/t7?,8-/m1/s1. The summed E-state index contributed by atoms with van der Waals surface area (Å²) in [4.78, 5) is 0. The first-order valence-corrected chi connectivity index (χ1v) is 6.91. The van der Waals surface area contributed by atoms with Gasteiger partial charge in [0.15, 0.2) is 0 Å². The van der Waals surface area contributed by atoms with Gasteiger partial charge in [-0.2, -0.15) is 13.2 Å². The number of ether oxygens (including phenoxy) is 1. The van der Waals surface area contributed by atoms with Gasteiger partial charge in [-0.3, -0.25) is 0 Å². The minimum absolute atomic E-state index is 0.119. The van der Waals surface area contributed by atoms with Gasteiger partial charge in [-0.05, 0) is 31.4 Å². The quantitative estimate of drug-likeness (QED) is 0.578. The molecule has 0 radical (unpaired) electrons. The highest BCUT2D eigenvalue weighted by molar-refractivity contribution is 14.1. The molecular formula is C11H12F3IO2. The molecule has 6 heteroatoms. The van der Waals surface area contributed by atoms with Crippen molar-refractivity contribution in [2.75, 3.05) is 4.43 Å². The van der Waals surface area contributed by atoms with Crippen molar-refractivity contribution in [3.8, 4) is 0 Å². The largest absolute Gasteiger partial charge is 0.454 e. The van der Waals surface area contributed by atoms with E-state index in [-0.39, 0.29) is 18.0 Å². The molecule has 0 bridgehead atoms. The van der Waals surface area contributed by atoms with Crippen LogP contribution in [-0.4, -0.2) is 10.5 Å². The van der Waals surface area contributed by atoms with Crippen LogP contribution < -0.4 is 0 Å². The second-order valence-electron chi connectivity index (χ2n) is 4.03. The third-order valence-corrected chi connectivity index (χ3v) is 3.73. The average molecular weight is 360 g/mol. The van der Waals surface area contributed by atoms with Gasteiger partial charge in [0, 0.05) is 4.43 Å². The average Bonchev–Trinajstić information content (AvgIpc) is 2.78. The van der Waals surface area contributed by atoms with Crippen LogP contribution in [0.1, 0.15) is 36.9 Å². The van der Waals surface area contributed by atoms with Gasteiger partial charge < -0.3 is 9.15 Å². The summed E-state index contributed by atoms with van der Waals surface area (Å²) in [6.07, 6.45) is -1.99. The lowest BCUT2D eigenvalue weighted by Gasteiger charge is -2.27. The van der Waals surface area contributed by atoms with Gasteiger partial charge in [0.25, 0.3) is 0 Å². The molecule has 2 rings (SSSR count). The van der Waals surface area contributed by atoms with Crippen LogP contribution >= 0.6 is 22.6 Å². The van der Waals surface area contributed by atoms with E-state index in [4.69, 9.17) is 9.15 Å². The summed E-state index contributed by atoms with van der Waals surface area (Å²) in [5.74, 6) is -0.667. The summed E-state index contributed by atoms with van der Waals surface area (Å²) in [5.41, 5.74) is 0. The van der Waals surface area contributed by atoms with Gasteiger partial charge in [0.1, 0.15) is 11.9 Å². The van der Waals surface area contributed by atoms with Crippen molar-refractivity contribution in [1.82, 2.24) is 0 Å². The van der Waals surface area contributed by atoms with Gasteiger partial charge in [0.2, 0.25) is 5.76 Å². The van der Waals surface area contributed by atoms with E-state index in [2.05, 4.69) is 22.6 Å². The summed E-state index contributed by atoms with van der Waals surface area (Å²) in [7, 11) is 0. The maximum absolute atomic E-state index is 12.4. The topological polar surface area (TPSA) is 22.4 Å². The summed E-state index contributed by atoms with van der Waals surface area (Å²) in [6.45, 7) is 0. The molecule has 0 aromatic carbocycles. The van der Waals surface area contributed by atoms with E-state index in [9.17, 15) is 13.2 Å². The number of rotatable bonds is 2. The van der Waals surface area contributed by atoms with Crippen LogP contribution in [-0.2, 0) is 10.9 Å². The summed E-state index contributed by atoms with van der Waals surface area (Å²) in [5, 5.41) is 0. The molecular weight excluding hydrogens is 348 g/mol. The molecule has 1 unspecified atom stereocenters. The van der Waals surface area contributed by atoms with E-state index >= 15 is 0 Å². The number of hydrogen-bond acceptors (Lipinski definition) is 2. The monoisotopic (exact) mass is 360 g/mol. The summed E-state index contributed by atoms with van der Waals surface area (Å²) < 4.78 is 48.5. The molecule has 0 spiro atoms. The van der Waals surface area contributed by atoms with Crippen molar-refractivity contribution < 1.29 is 22.3 Å². The van der Waals surface area contributed by atoms with Gasteiger partial charge in [0.05, 0.1) is 6.10 Å². The molecule has 1 aliphatic heterocycles. The first-order valence-electron chi connectivity index (χ1n) is 5.39. The molecule has 0 aliphatic carbocycles. The van der Waals surface area contributed by atoms with Crippen molar-refractivity contribution in [3.63, 3.8) is 0 Å². The van der Waals surface area contributed by atoms with Crippen LogP contribution in [0.3, 0.4) is 0 Å². The fourth-order valence-electron chi connectivity index (χ4n) is 1.90. The van der Waals surface area contributed by atoms with Crippen LogP contribution in [0.5, 0.6) is 0 Å². The Morgan fingerprint density at radius 3 is 2.65 bits per heavy atom. The van der Waals surface area contributed by atoms with Crippen LogP contribution in [0.25, 0.3) is 0 Å². The van der Waals surface area contributed by atoms with Crippen molar-refractivity contribution in [2.24, 2.45) is 0 Å². The van der Waals surface area contributed by atoms with Crippen LogP contribution in [0, 0.1) is 0 Å². The molecule has 17 heavy (non-hydrogen) atoms. The molecule has 1 fully saturated rings. The maximum Gasteiger partial charge on any atom is 0.449 e. The Morgan fingerprint density at radius 1 is 1.29 bits per heavy atom. The third-order valence-electron chi connectivity index (χ3n) is 2.74. The van der Waals surface area contributed by atoms with Gasteiger partial charge in [-0.15, -0.1) is 0 Å². The number of halogens is 4. The van der Waals surface area contributed by atoms with Crippen molar-refractivity contribution >= 4 is 22.6 Å². The van der Waals surface area contributed by atoms with E-state index in [0.29, 0.717) is 0 Å². The Balaban J connectivity index is 2.09. The van der Waals surface area contributed by atoms with Crippen LogP contribution in [0.4, 0.5) is 13.2 Å². The number of hydrogen-bond donors (Lipinski definition) is 0. The molecule has 2 nitrogen and oxygen atoms in total.